The van der Waals surface area contributed by atoms with Crippen molar-refractivity contribution in [2.45, 2.75) is 20.0 Å². The molecule has 0 unspecified atom stereocenters. The fourth-order valence-electron chi connectivity index (χ4n) is 1.91. The summed E-state index contributed by atoms with van der Waals surface area (Å²) in [6, 6.07) is 5.58. The van der Waals surface area contributed by atoms with Crippen molar-refractivity contribution in [3.8, 4) is 17.1 Å². The van der Waals surface area contributed by atoms with Crippen LogP contribution in [-0.2, 0) is 0 Å². The molecule has 0 amide bonds. The van der Waals surface area contributed by atoms with Crippen LogP contribution in [0.3, 0.4) is 0 Å². The molecule has 3 heterocycles. The van der Waals surface area contributed by atoms with Crippen molar-refractivity contribution in [2.75, 3.05) is 0 Å². The van der Waals surface area contributed by atoms with Crippen molar-refractivity contribution in [2.24, 2.45) is 0 Å². The van der Waals surface area contributed by atoms with Gasteiger partial charge in [-0.2, -0.15) is 0 Å². The molecule has 0 aliphatic rings. The summed E-state index contributed by atoms with van der Waals surface area (Å²) in [5.41, 5.74) is 2.24. The van der Waals surface area contributed by atoms with E-state index in [1.54, 1.807) is 12.3 Å². The molecule has 0 saturated carbocycles. The van der Waals surface area contributed by atoms with Crippen molar-refractivity contribution in [1.29, 1.82) is 0 Å². The second-order valence-corrected chi connectivity index (χ2v) is 4.97. The zero-order chi connectivity index (χ0) is 14.1. The molecule has 3 rings (SSSR count). The number of aromatic nitrogens is 4. The molecule has 6 heteroatoms. The monoisotopic (exact) mass is 288 g/mol. The molecular formula is C14H13ClN4O. The maximum Gasteiger partial charge on any atom is 0.222 e. The lowest BCUT2D eigenvalue weighted by atomic mass is 10.3. The van der Waals surface area contributed by atoms with Crippen molar-refractivity contribution >= 4 is 17.2 Å². The minimum Gasteiger partial charge on any atom is -0.491 e. The third kappa shape index (κ3) is 2.58. The van der Waals surface area contributed by atoms with Crippen LogP contribution in [0.4, 0.5) is 0 Å². The van der Waals surface area contributed by atoms with Gasteiger partial charge in [0.15, 0.2) is 0 Å². The van der Waals surface area contributed by atoms with E-state index in [-0.39, 0.29) is 11.4 Å². The minimum absolute atomic E-state index is 0.132. The summed E-state index contributed by atoms with van der Waals surface area (Å²) in [5.74, 6) is 0.797. The highest BCUT2D eigenvalue weighted by molar-refractivity contribution is 6.28. The lowest BCUT2D eigenvalue weighted by Gasteiger charge is -2.08. The fourth-order valence-corrected chi connectivity index (χ4v) is 2.06. The molecule has 3 aromatic rings. The van der Waals surface area contributed by atoms with E-state index < -0.39 is 0 Å². The number of hydrogen-bond donors (Lipinski definition) is 0. The predicted octanol–water partition coefficient (Wildman–Crippen LogP) is 3.23. The first kappa shape index (κ1) is 12.9. The Balaban J connectivity index is 2.02. The van der Waals surface area contributed by atoms with Gasteiger partial charge in [-0.05, 0) is 37.6 Å². The number of rotatable bonds is 3. The van der Waals surface area contributed by atoms with Crippen LogP contribution in [0.5, 0.6) is 5.75 Å². The highest BCUT2D eigenvalue weighted by atomic mass is 35.5. The van der Waals surface area contributed by atoms with Crippen LogP contribution in [0.15, 0.2) is 36.8 Å². The number of nitrogens with zero attached hydrogens (tertiary/aromatic N) is 4. The maximum atomic E-state index is 5.80. The van der Waals surface area contributed by atoms with Gasteiger partial charge in [0.25, 0.3) is 0 Å². The third-order valence-electron chi connectivity index (χ3n) is 2.69. The van der Waals surface area contributed by atoms with Crippen LogP contribution in [0.1, 0.15) is 13.8 Å². The summed E-state index contributed by atoms with van der Waals surface area (Å²) in [7, 11) is 0. The zero-order valence-electron chi connectivity index (χ0n) is 11.1. The Bertz CT molecular complexity index is 754. The van der Waals surface area contributed by atoms with Crippen LogP contribution < -0.4 is 4.74 Å². The van der Waals surface area contributed by atoms with Crippen molar-refractivity contribution in [3.63, 3.8) is 0 Å². The molecular weight excluding hydrogens is 276 g/mol. The van der Waals surface area contributed by atoms with E-state index >= 15 is 0 Å². The number of halogens is 1. The van der Waals surface area contributed by atoms with Gasteiger partial charge < -0.3 is 9.14 Å². The SMILES string of the molecule is CC(C)Oc1ccn2cc(-c3ccnc(Cl)n3)nc2c1. The number of hydrogen-bond acceptors (Lipinski definition) is 4. The molecule has 0 aromatic carbocycles. The highest BCUT2D eigenvalue weighted by Crippen LogP contribution is 2.21. The van der Waals surface area contributed by atoms with Gasteiger partial charge in [-0.25, -0.2) is 15.0 Å². The van der Waals surface area contributed by atoms with E-state index in [1.165, 1.54) is 0 Å². The second kappa shape index (κ2) is 5.09. The summed E-state index contributed by atoms with van der Waals surface area (Å²) in [6.07, 6.45) is 5.55. The van der Waals surface area contributed by atoms with Crippen molar-refractivity contribution in [1.82, 2.24) is 19.4 Å². The molecule has 0 aliphatic heterocycles. The Morgan fingerprint density at radius 1 is 1.20 bits per heavy atom. The molecule has 102 valence electrons. The van der Waals surface area contributed by atoms with Crippen LogP contribution in [0.25, 0.3) is 17.0 Å². The van der Waals surface area contributed by atoms with Gasteiger partial charge in [0.2, 0.25) is 5.28 Å². The van der Waals surface area contributed by atoms with Gasteiger partial charge in [0, 0.05) is 24.7 Å². The number of pyridine rings is 1. The number of fused-ring (bicyclic) bond motifs is 1. The van der Waals surface area contributed by atoms with Crippen LogP contribution in [-0.4, -0.2) is 25.5 Å². The Labute approximate surface area is 121 Å². The number of imidazole rings is 1. The molecule has 3 aromatic heterocycles. The smallest absolute Gasteiger partial charge is 0.222 e. The van der Waals surface area contributed by atoms with Gasteiger partial charge in [-0.3, -0.25) is 0 Å². The van der Waals surface area contributed by atoms with Crippen LogP contribution in [0, 0.1) is 0 Å². The standard InChI is InChI=1S/C14H13ClN4O/c1-9(2)20-10-4-6-19-8-12(17-13(19)7-10)11-3-5-16-14(15)18-11/h3-9H,1-2H3. The molecule has 0 atom stereocenters. The summed E-state index contributed by atoms with van der Waals surface area (Å²) >= 11 is 5.80. The molecule has 0 radical (unpaired) electrons. The van der Waals surface area contributed by atoms with Crippen molar-refractivity contribution in [3.05, 3.63) is 42.1 Å². The van der Waals surface area contributed by atoms with E-state index in [0.29, 0.717) is 5.69 Å². The normalized spacial score (nSPS) is 11.2. The molecule has 5 nitrogen and oxygen atoms in total. The third-order valence-corrected chi connectivity index (χ3v) is 2.87. The van der Waals surface area contributed by atoms with E-state index in [0.717, 1.165) is 17.1 Å². The second-order valence-electron chi connectivity index (χ2n) is 4.63. The summed E-state index contributed by atoms with van der Waals surface area (Å²) < 4.78 is 7.57. The topological polar surface area (TPSA) is 52.3 Å². The molecule has 0 N–H and O–H groups in total. The van der Waals surface area contributed by atoms with Crippen molar-refractivity contribution < 1.29 is 4.74 Å². The van der Waals surface area contributed by atoms with Gasteiger partial charge in [-0.15, -0.1) is 0 Å². The first-order valence-corrected chi connectivity index (χ1v) is 6.64. The highest BCUT2D eigenvalue weighted by Gasteiger charge is 2.08. The lowest BCUT2D eigenvalue weighted by molar-refractivity contribution is 0.242. The first-order valence-electron chi connectivity index (χ1n) is 6.26. The summed E-state index contributed by atoms with van der Waals surface area (Å²) in [4.78, 5) is 12.5. The molecule has 0 fully saturated rings. The van der Waals surface area contributed by atoms with Gasteiger partial charge in [0.1, 0.15) is 17.1 Å². The Morgan fingerprint density at radius 2 is 2.05 bits per heavy atom. The Morgan fingerprint density at radius 3 is 2.80 bits per heavy atom. The molecule has 0 saturated heterocycles. The predicted molar refractivity (Wildman–Crippen MR) is 77.0 cm³/mol. The average Bonchev–Trinajstić information content (AvgIpc) is 2.81. The van der Waals surface area contributed by atoms with E-state index in [4.69, 9.17) is 16.3 Å². The number of ether oxygens (including phenoxy) is 1. The summed E-state index contributed by atoms with van der Waals surface area (Å²) in [5, 5.41) is 0.211. The van der Waals surface area contributed by atoms with E-state index in [1.807, 2.05) is 42.8 Å². The average molecular weight is 289 g/mol. The van der Waals surface area contributed by atoms with Crippen LogP contribution in [0.2, 0.25) is 5.28 Å². The molecule has 0 spiro atoms. The molecule has 0 bridgehead atoms. The van der Waals surface area contributed by atoms with Crippen LogP contribution >= 0.6 is 11.6 Å². The fraction of sp³-hybridized carbons (Fsp3) is 0.214. The van der Waals surface area contributed by atoms with Gasteiger partial charge in [0.05, 0.1) is 11.8 Å². The van der Waals surface area contributed by atoms with Gasteiger partial charge in [-0.1, -0.05) is 0 Å². The quantitative estimate of drug-likeness (QED) is 0.694. The minimum atomic E-state index is 0.132. The zero-order valence-corrected chi connectivity index (χ0v) is 11.9. The Hall–Kier alpha value is -2.14. The maximum absolute atomic E-state index is 5.80. The lowest BCUT2D eigenvalue weighted by Crippen LogP contribution is -2.05. The first-order chi connectivity index (χ1) is 9.61. The largest absolute Gasteiger partial charge is 0.491 e. The van der Waals surface area contributed by atoms with E-state index in [2.05, 4.69) is 15.0 Å². The molecule has 20 heavy (non-hydrogen) atoms. The van der Waals surface area contributed by atoms with Gasteiger partial charge >= 0.3 is 0 Å². The molecule has 0 aliphatic carbocycles. The summed E-state index contributed by atoms with van der Waals surface area (Å²) in [6.45, 7) is 3.98. The van der Waals surface area contributed by atoms with E-state index in [9.17, 15) is 0 Å². The Kier molecular flexibility index (Phi) is 3.28.